The number of rotatable bonds is 0. The van der Waals surface area contributed by atoms with Gasteiger partial charge < -0.3 is 0 Å². The van der Waals surface area contributed by atoms with Crippen LogP contribution in [0.25, 0.3) is 0 Å². The van der Waals surface area contributed by atoms with Gasteiger partial charge in [-0.3, -0.25) is 9.59 Å². The number of amides is 2. The van der Waals surface area contributed by atoms with Crippen LogP contribution >= 0.6 is 63.7 Å². The number of hydrazine groups is 1. The molecule has 0 aromatic rings. The van der Waals surface area contributed by atoms with E-state index in [0.29, 0.717) is 13.1 Å². The van der Waals surface area contributed by atoms with Crippen molar-refractivity contribution in [3.8, 4) is 0 Å². The van der Waals surface area contributed by atoms with Gasteiger partial charge in [-0.25, -0.2) is 10.0 Å². The SMILES string of the molecule is O=C1C(Br)C(Br)C(=O)N2CC(Br)C(Br)CN12. The van der Waals surface area contributed by atoms with Crippen LogP contribution in [-0.2, 0) is 9.59 Å². The van der Waals surface area contributed by atoms with Crippen LogP contribution in [0, 0.1) is 0 Å². The number of hydrogen-bond acceptors (Lipinski definition) is 2. The molecule has 2 saturated heterocycles. The predicted molar refractivity (Wildman–Crippen MR) is 74.3 cm³/mol. The van der Waals surface area contributed by atoms with Gasteiger partial charge in [-0.2, -0.15) is 0 Å². The van der Waals surface area contributed by atoms with Crippen LogP contribution in [0.1, 0.15) is 0 Å². The highest BCUT2D eigenvalue weighted by Crippen LogP contribution is 2.32. The van der Waals surface area contributed by atoms with Crippen LogP contribution in [-0.4, -0.2) is 54.2 Å². The first kappa shape index (κ1) is 13.3. The Labute approximate surface area is 127 Å². The average molecular weight is 484 g/mol. The molecule has 16 heavy (non-hydrogen) atoms. The summed E-state index contributed by atoms with van der Waals surface area (Å²) in [6.45, 7) is 1.00. The van der Waals surface area contributed by atoms with E-state index in [1.54, 1.807) is 0 Å². The molecule has 0 bridgehead atoms. The van der Waals surface area contributed by atoms with Crippen molar-refractivity contribution >= 4 is 75.5 Å². The molecule has 0 radical (unpaired) electrons. The number of hydrogen-bond donors (Lipinski definition) is 0. The maximum absolute atomic E-state index is 12.0. The molecule has 4 atom stereocenters. The van der Waals surface area contributed by atoms with E-state index in [2.05, 4.69) is 63.7 Å². The molecule has 2 rings (SSSR count). The fraction of sp³-hybridized carbons (Fsp3) is 0.750. The average Bonchev–Trinajstić information content (AvgIpc) is 2.26. The molecule has 4 nitrogen and oxygen atoms in total. The molecule has 2 fully saturated rings. The smallest absolute Gasteiger partial charge is 0.256 e. The molecule has 0 N–H and O–H groups in total. The van der Waals surface area contributed by atoms with Gasteiger partial charge in [-0.05, 0) is 0 Å². The molecule has 2 amide bonds. The zero-order chi connectivity index (χ0) is 12.0. The number of nitrogens with zero attached hydrogens (tertiary/aromatic N) is 2. The van der Waals surface area contributed by atoms with Gasteiger partial charge in [0, 0.05) is 9.65 Å². The van der Waals surface area contributed by atoms with Crippen molar-refractivity contribution in [2.24, 2.45) is 0 Å². The van der Waals surface area contributed by atoms with Gasteiger partial charge >= 0.3 is 0 Å². The second-order valence-corrected chi connectivity index (χ2v) is 8.00. The van der Waals surface area contributed by atoms with E-state index < -0.39 is 9.65 Å². The van der Waals surface area contributed by atoms with Gasteiger partial charge in [0.1, 0.15) is 9.65 Å². The first-order valence-electron chi connectivity index (χ1n) is 4.62. The number of fused-ring (bicyclic) bond motifs is 1. The lowest BCUT2D eigenvalue weighted by Crippen LogP contribution is -2.67. The van der Waals surface area contributed by atoms with E-state index in [1.807, 2.05) is 0 Å². The topological polar surface area (TPSA) is 40.6 Å². The molecule has 0 spiro atoms. The Hall–Kier alpha value is 0.860. The molecule has 4 unspecified atom stereocenters. The third-order valence-electron chi connectivity index (χ3n) is 2.62. The quantitative estimate of drug-likeness (QED) is 0.492. The Balaban J connectivity index is 2.26. The maximum atomic E-state index is 12.0. The molecule has 8 heteroatoms. The molecule has 0 saturated carbocycles. The number of carbonyl (C=O) groups is 2. The summed E-state index contributed by atoms with van der Waals surface area (Å²) in [7, 11) is 0. The molecule has 2 aliphatic rings. The number of halogens is 4. The first-order valence-corrected chi connectivity index (χ1v) is 8.28. The summed E-state index contributed by atoms with van der Waals surface area (Å²) in [4.78, 5) is 23.3. The summed E-state index contributed by atoms with van der Waals surface area (Å²) >= 11 is 13.5. The highest BCUT2D eigenvalue weighted by atomic mass is 79.9. The molecule has 0 aliphatic carbocycles. The van der Waals surface area contributed by atoms with Crippen LogP contribution in [0.4, 0.5) is 0 Å². The summed E-state index contributed by atoms with van der Waals surface area (Å²) < 4.78 is 0. The van der Waals surface area contributed by atoms with E-state index in [1.165, 1.54) is 10.0 Å². The third kappa shape index (κ3) is 2.10. The first-order chi connectivity index (χ1) is 7.43. The van der Waals surface area contributed by atoms with Gasteiger partial charge in [0.05, 0.1) is 13.1 Å². The monoisotopic (exact) mass is 480 g/mol. The van der Waals surface area contributed by atoms with Crippen molar-refractivity contribution in [3.63, 3.8) is 0 Å². The molecule has 90 valence electrons. The van der Waals surface area contributed by atoms with Gasteiger partial charge in [0.25, 0.3) is 11.8 Å². The Morgan fingerprint density at radius 1 is 0.812 bits per heavy atom. The lowest BCUT2D eigenvalue weighted by molar-refractivity contribution is -0.171. The van der Waals surface area contributed by atoms with E-state index in [-0.39, 0.29) is 21.5 Å². The van der Waals surface area contributed by atoms with E-state index in [9.17, 15) is 9.59 Å². The van der Waals surface area contributed by atoms with Gasteiger partial charge in [-0.15, -0.1) is 0 Å². The van der Waals surface area contributed by atoms with Crippen LogP contribution in [0.5, 0.6) is 0 Å². The van der Waals surface area contributed by atoms with E-state index in [4.69, 9.17) is 0 Å². The lowest BCUT2D eigenvalue weighted by Gasteiger charge is -2.47. The summed E-state index contributed by atoms with van der Waals surface area (Å²) in [5.41, 5.74) is 0. The normalized spacial score (nSPS) is 40.0. The Morgan fingerprint density at radius 3 is 1.44 bits per heavy atom. The zero-order valence-corrected chi connectivity index (χ0v) is 14.3. The predicted octanol–water partition coefficient (Wildman–Crippen LogP) is 1.64. The fourth-order valence-electron chi connectivity index (χ4n) is 1.71. The molecular weight excluding hydrogens is 476 g/mol. The van der Waals surface area contributed by atoms with Crippen molar-refractivity contribution in [1.29, 1.82) is 0 Å². The lowest BCUT2D eigenvalue weighted by atomic mass is 10.1. The van der Waals surface area contributed by atoms with Crippen molar-refractivity contribution < 1.29 is 9.59 Å². The molecule has 2 aliphatic heterocycles. The molecule has 0 aromatic heterocycles. The van der Waals surface area contributed by atoms with E-state index >= 15 is 0 Å². The fourth-order valence-corrected chi connectivity index (χ4v) is 3.52. The van der Waals surface area contributed by atoms with Crippen molar-refractivity contribution in [3.05, 3.63) is 0 Å². The van der Waals surface area contributed by atoms with Crippen LogP contribution in [0.2, 0.25) is 0 Å². The second kappa shape index (κ2) is 4.85. The van der Waals surface area contributed by atoms with Gasteiger partial charge in [0.15, 0.2) is 0 Å². The highest BCUT2D eigenvalue weighted by Gasteiger charge is 2.48. The van der Waals surface area contributed by atoms with Crippen LogP contribution in [0.15, 0.2) is 0 Å². The van der Waals surface area contributed by atoms with Crippen molar-refractivity contribution in [1.82, 2.24) is 10.0 Å². The standard InChI is InChI=1S/C8H8Br4N2O2/c9-3-1-13-7(15)5(11)6(12)8(16)14(13)2-4(3)10/h3-6H,1-2H2. The summed E-state index contributed by atoms with van der Waals surface area (Å²) in [5.74, 6) is -0.157. The van der Waals surface area contributed by atoms with Crippen molar-refractivity contribution in [2.45, 2.75) is 19.3 Å². The minimum atomic E-state index is -0.483. The molecule has 0 aromatic carbocycles. The number of alkyl halides is 4. The Morgan fingerprint density at radius 2 is 1.12 bits per heavy atom. The zero-order valence-electron chi connectivity index (χ0n) is 7.95. The van der Waals surface area contributed by atoms with Gasteiger partial charge in [-0.1, -0.05) is 63.7 Å². The Bertz CT molecular complexity index is 308. The summed E-state index contributed by atoms with van der Waals surface area (Å²) in [5, 5.41) is 3.02. The minimum Gasteiger partial charge on any atom is -0.272 e. The summed E-state index contributed by atoms with van der Waals surface area (Å²) in [6.07, 6.45) is 0. The van der Waals surface area contributed by atoms with Crippen LogP contribution < -0.4 is 0 Å². The highest BCUT2D eigenvalue weighted by molar-refractivity contribution is 9.13. The van der Waals surface area contributed by atoms with Crippen molar-refractivity contribution in [2.75, 3.05) is 13.1 Å². The third-order valence-corrected chi connectivity index (χ3v) is 7.73. The molecule has 2 heterocycles. The molecular formula is C8H8Br4N2O2. The second-order valence-electron chi connectivity index (χ2n) is 3.68. The number of carbonyl (C=O) groups excluding carboxylic acids is 2. The Kier molecular flexibility index (Phi) is 4.03. The maximum Gasteiger partial charge on any atom is 0.256 e. The minimum absolute atomic E-state index is 0.0784. The van der Waals surface area contributed by atoms with Gasteiger partial charge in [0.2, 0.25) is 0 Å². The largest absolute Gasteiger partial charge is 0.272 e. The summed E-state index contributed by atoms with van der Waals surface area (Å²) in [6, 6.07) is 0. The van der Waals surface area contributed by atoms with Crippen LogP contribution in [0.3, 0.4) is 0 Å². The van der Waals surface area contributed by atoms with E-state index in [0.717, 1.165) is 0 Å².